The van der Waals surface area contributed by atoms with Gasteiger partial charge in [0.15, 0.2) is 15.6 Å². The summed E-state index contributed by atoms with van der Waals surface area (Å²) in [4.78, 5) is 26.6. The van der Waals surface area contributed by atoms with E-state index >= 15 is 0 Å². The van der Waals surface area contributed by atoms with E-state index < -0.39 is 9.84 Å². The van der Waals surface area contributed by atoms with Gasteiger partial charge in [-0.25, -0.2) is 8.42 Å². The maximum Gasteiger partial charge on any atom is 0.223 e. The normalized spacial score (nSPS) is 18.6. The molecule has 1 aliphatic heterocycles. The van der Waals surface area contributed by atoms with Crippen LogP contribution in [0.4, 0.5) is 0 Å². The van der Waals surface area contributed by atoms with Crippen molar-refractivity contribution in [3.05, 3.63) is 35.4 Å². The molecule has 1 unspecified atom stereocenters. The van der Waals surface area contributed by atoms with E-state index in [0.29, 0.717) is 18.5 Å². The fraction of sp³-hybridized carbons (Fsp3) is 0.600. The summed E-state index contributed by atoms with van der Waals surface area (Å²) in [5.41, 5.74) is 1.83. The van der Waals surface area contributed by atoms with Gasteiger partial charge in [0.05, 0.1) is 11.5 Å². The van der Waals surface area contributed by atoms with Crippen LogP contribution in [0.15, 0.2) is 24.3 Å². The van der Waals surface area contributed by atoms with Gasteiger partial charge in [-0.3, -0.25) is 9.59 Å². The van der Waals surface area contributed by atoms with E-state index in [1.54, 1.807) is 4.90 Å². The second-order valence-corrected chi connectivity index (χ2v) is 9.24. The van der Waals surface area contributed by atoms with E-state index in [1.807, 2.05) is 31.2 Å². The zero-order valence-corrected chi connectivity index (χ0v) is 16.6. The van der Waals surface area contributed by atoms with Crippen molar-refractivity contribution >= 4 is 21.5 Å². The lowest BCUT2D eigenvalue weighted by Gasteiger charge is -2.28. The summed E-state index contributed by atoms with van der Waals surface area (Å²) in [5.74, 6) is 0.0292. The third-order valence-electron chi connectivity index (χ3n) is 4.81. The monoisotopic (exact) mass is 379 g/mol. The molecular weight excluding hydrogens is 350 g/mol. The van der Waals surface area contributed by atoms with E-state index in [-0.39, 0.29) is 42.1 Å². The molecule has 1 saturated heterocycles. The molecule has 0 spiro atoms. The summed E-state index contributed by atoms with van der Waals surface area (Å²) in [5, 5.41) is 0. The number of hydrogen-bond donors (Lipinski definition) is 0. The van der Waals surface area contributed by atoms with E-state index in [9.17, 15) is 18.0 Å². The largest absolute Gasteiger partial charge is 0.339 e. The van der Waals surface area contributed by atoms with Crippen LogP contribution in [0.3, 0.4) is 0 Å². The summed E-state index contributed by atoms with van der Waals surface area (Å²) in [6.07, 6.45) is 3.61. The Kier molecular flexibility index (Phi) is 7.38. The topological polar surface area (TPSA) is 71.5 Å². The first-order valence-corrected chi connectivity index (χ1v) is 11.3. The van der Waals surface area contributed by atoms with Crippen molar-refractivity contribution < 1.29 is 18.0 Å². The predicted octanol–water partition coefficient (Wildman–Crippen LogP) is 3.03. The third kappa shape index (κ3) is 5.66. The average molecular weight is 380 g/mol. The van der Waals surface area contributed by atoms with Crippen LogP contribution in [0.25, 0.3) is 0 Å². The minimum Gasteiger partial charge on any atom is -0.339 e. The molecule has 6 heteroatoms. The Labute approximate surface area is 156 Å². The van der Waals surface area contributed by atoms with Crippen molar-refractivity contribution in [1.82, 2.24) is 4.90 Å². The molecule has 1 atom stereocenters. The Bertz CT molecular complexity index is 725. The Morgan fingerprint density at radius 1 is 1.08 bits per heavy atom. The predicted molar refractivity (Wildman–Crippen MR) is 103 cm³/mol. The number of rotatable bonds is 9. The highest BCUT2D eigenvalue weighted by Crippen LogP contribution is 2.20. The molecule has 1 amide bonds. The molecule has 1 aromatic carbocycles. The molecule has 26 heavy (non-hydrogen) atoms. The third-order valence-corrected chi connectivity index (χ3v) is 6.56. The molecule has 2 rings (SSSR count). The number of carbonyl (C=O) groups excluding carboxylic acids is 2. The van der Waals surface area contributed by atoms with E-state index in [1.165, 1.54) is 5.56 Å². The molecule has 0 radical (unpaired) electrons. The summed E-state index contributed by atoms with van der Waals surface area (Å²) in [7, 11) is -3.04. The van der Waals surface area contributed by atoms with Crippen LogP contribution in [0, 0.1) is 0 Å². The van der Waals surface area contributed by atoms with Crippen molar-refractivity contribution in [2.75, 3.05) is 18.1 Å². The fourth-order valence-electron chi connectivity index (χ4n) is 3.43. The first-order chi connectivity index (χ1) is 12.4. The van der Waals surface area contributed by atoms with Crippen LogP contribution in [-0.4, -0.2) is 49.1 Å². The first kappa shape index (κ1) is 20.6. The second-order valence-electron chi connectivity index (χ2n) is 7.01. The number of aryl methyl sites for hydroxylation is 1. The smallest absolute Gasteiger partial charge is 0.223 e. The average Bonchev–Trinajstić information content (AvgIpc) is 2.97. The second kappa shape index (κ2) is 9.31. The van der Waals surface area contributed by atoms with Crippen LogP contribution in [-0.2, 0) is 21.1 Å². The highest BCUT2D eigenvalue weighted by atomic mass is 32.2. The Morgan fingerprint density at radius 3 is 2.31 bits per heavy atom. The molecule has 1 heterocycles. The van der Waals surface area contributed by atoms with Crippen LogP contribution >= 0.6 is 0 Å². The molecule has 5 nitrogen and oxygen atoms in total. The lowest BCUT2D eigenvalue weighted by molar-refractivity contribution is -0.133. The Hall–Kier alpha value is -1.69. The van der Waals surface area contributed by atoms with Gasteiger partial charge in [0.2, 0.25) is 5.91 Å². The van der Waals surface area contributed by atoms with Gasteiger partial charge < -0.3 is 4.90 Å². The minimum atomic E-state index is -3.04. The fourth-order valence-corrected chi connectivity index (χ4v) is 5.16. The van der Waals surface area contributed by atoms with Crippen molar-refractivity contribution in [3.63, 3.8) is 0 Å². The number of benzene rings is 1. The molecule has 144 valence electrons. The van der Waals surface area contributed by atoms with Gasteiger partial charge in [0, 0.05) is 31.0 Å². The lowest BCUT2D eigenvalue weighted by atomic mass is 10.0. The SMILES string of the molecule is CCCc1ccc(C(=O)CCC(=O)N(CCC)C2CCS(=O)(=O)C2)cc1. The number of amides is 1. The molecule has 1 aromatic rings. The maximum atomic E-state index is 12.6. The highest BCUT2D eigenvalue weighted by molar-refractivity contribution is 7.91. The molecule has 0 aliphatic carbocycles. The van der Waals surface area contributed by atoms with Gasteiger partial charge in [-0.2, -0.15) is 0 Å². The number of Topliss-reactive ketones (excluding diaryl/α,β-unsaturated/α-hetero) is 1. The van der Waals surface area contributed by atoms with Crippen LogP contribution in [0.1, 0.15) is 61.9 Å². The van der Waals surface area contributed by atoms with Crippen molar-refractivity contribution in [2.45, 2.75) is 58.4 Å². The number of hydrogen-bond acceptors (Lipinski definition) is 4. The summed E-state index contributed by atoms with van der Waals surface area (Å²) >= 11 is 0. The number of sulfone groups is 1. The van der Waals surface area contributed by atoms with Gasteiger partial charge in [-0.05, 0) is 24.8 Å². The van der Waals surface area contributed by atoms with Gasteiger partial charge in [-0.1, -0.05) is 44.5 Å². The van der Waals surface area contributed by atoms with E-state index in [2.05, 4.69) is 6.92 Å². The van der Waals surface area contributed by atoms with Gasteiger partial charge >= 0.3 is 0 Å². The van der Waals surface area contributed by atoms with Gasteiger partial charge in [0.25, 0.3) is 0 Å². The molecule has 0 N–H and O–H groups in total. The zero-order valence-electron chi connectivity index (χ0n) is 15.7. The maximum absolute atomic E-state index is 12.6. The molecular formula is C20H29NO4S. The van der Waals surface area contributed by atoms with Crippen LogP contribution < -0.4 is 0 Å². The van der Waals surface area contributed by atoms with Crippen LogP contribution in [0.5, 0.6) is 0 Å². The summed E-state index contributed by atoms with van der Waals surface area (Å²) in [6, 6.07) is 7.34. The molecule has 0 aromatic heterocycles. The summed E-state index contributed by atoms with van der Waals surface area (Å²) < 4.78 is 23.4. The molecule has 1 aliphatic rings. The highest BCUT2D eigenvalue weighted by Gasteiger charge is 2.34. The Morgan fingerprint density at radius 2 is 1.77 bits per heavy atom. The Balaban J connectivity index is 1.93. The van der Waals surface area contributed by atoms with Crippen molar-refractivity contribution in [1.29, 1.82) is 0 Å². The molecule has 1 fully saturated rings. The number of nitrogens with zero attached hydrogens (tertiary/aromatic N) is 1. The first-order valence-electron chi connectivity index (χ1n) is 9.48. The lowest BCUT2D eigenvalue weighted by Crippen LogP contribution is -2.41. The summed E-state index contributed by atoms with van der Waals surface area (Å²) in [6.45, 7) is 4.62. The van der Waals surface area contributed by atoms with Crippen LogP contribution in [0.2, 0.25) is 0 Å². The van der Waals surface area contributed by atoms with Gasteiger partial charge in [-0.15, -0.1) is 0 Å². The minimum absolute atomic E-state index is 0.0445. The number of carbonyl (C=O) groups is 2. The van der Waals surface area contributed by atoms with Crippen molar-refractivity contribution in [3.8, 4) is 0 Å². The zero-order chi connectivity index (χ0) is 19.2. The molecule has 0 bridgehead atoms. The molecule has 0 saturated carbocycles. The van der Waals surface area contributed by atoms with Gasteiger partial charge in [0.1, 0.15) is 0 Å². The standard InChI is InChI=1S/C20H29NO4S/c1-3-5-16-6-8-17(9-7-16)19(22)10-11-20(23)21(13-4-2)18-12-14-26(24,25)15-18/h6-9,18H,3-5,10-15H2,1-2H3. The quantitative estimate of drug-likeness (QED) is 0.618. The number of ketones is 1. The van der Waals surface area contributed by atoms with Crippen molar-refractivity contribution in [2.24, 2.45) is 0 Å². The van der Waals surface area contributed by atoms with E-state index in [0.717, 1.165) is 19.3 Å². The van der Waals surface area contributed by atoms with E-state index in [4.69, 9.17) is 0 Å².